The van der Waals surface area contributed by atoms with Gasteiger partial charge in [0.25, 0.3) is 0 Å². The maximum atomic E-state index is 12.7. The van der Waals surface area contributed by atoms with Crippen LogP contribution < -0.4 is 0 Å². The van der Waals surface area contributed by atoms with Gasteiger partial charge in [0.1, 0.15) is 5.82 Å². The van der Waals surface area contributed by atoms with Gasteiger partial charge in [0.15, 0.2) is 0 Å². The summed E-state index contributed by atoms with van der Waals surface area (Å²) in [5, 5.41) is 9.56. The number of benzene rings is 1. The number of aliphatic hydroxyl groups excluding tert-OH is 1. The molecule has 1 N–H and O–H groups in total. The molecule has 1 aromatic carbocycles. The molecule has 0 radical (unpaired) electrons. The summed E-state index contributed by atoms with van der Waals surface area (Å²) < 4.78 is 12.7. The first-order chi connectivity index (χ1) is 6.24. The molecule has 2 heteroatoms. The van der Waals surface area contributed by atoms with E-state index in [-0.39, 0.29) is 5.82 Å². The topological polar surface area (TPSA) is 20.2 Å². The molecule has 0 fully saturated rings. The highest BCUT2D eigenvalue weighted by Crippen LogP contribution is 2.17. The standard InChI is InChI=1S/C11H13FO/c1-2-3-7-11(13)9-5-4-6-10(12)8-9/h2-6,8,11,13H,7H2,1H3/b3-2+. The van der Waals surface area contributed by atoms with E-state index >= 15 is 0 Å². The second-order valence-corrected chi connectivity index (χ2v) is 2.88. The number of aliphatic hydroxyl groups is 1. The smallest absolute Gasteiger partial charge is 0.123 e. The van der Waals surface area contributed by atoms with Gasteiger partial charge in [0.2, 0.25) is 0 Å². The Morgan fingerprint density at radius 2 is 2.31 bits per heavy atom. The minimum Gasteiger partial charge on any atom is -0.388 e. The van der Waals surface area contributed by atoms with Gasteiger partial charge >= 0.3 is 0 Å². The van der Waals surface area contributed by atoms with Gasteiger partial charge in [-0.25, -0.2) is 4.39 Å². The Morgan fingerprint density at radius 1 is 1.54 bits per heavy atom. The van der Waals surface area contributed by atoms with Crippen molar-refractivity contribution in [1.82, 2.24) is 0 Å². The van der Waals surface area contributed by atoms with Gasteiger partial charge in [-0.1, -0.05) is 24.3 Å². The molecule has 0 amide bonds. The molecule has 0 saturated carbocycles. The minimum absolute atomic E-state index is 0.308. The number of hydrogen-bond donors (Lipinski definition) is 1. The highest BCUT2D eigenvalue weighted by Gasteiger charge is 2.05. The third kappa shape index (κ3) is 2.99. The summed E-state index contributed by atoms with van der Waals surface area (Å²) in [7, 11) is 0. The van der Waals surface area contributed by atoms with Crippen molar-refractivity contribution in [2.45, 2.75) is 19.4 Å². The van der Waals surface area contributed by atoms with E-state index in [0.717, 1.165) is 0 Å². The Labute approximate surface area is 77.5 Å². The molecule has 0 aromatic heterocycles. The molecule has 0 saturated heterocycles. The van der Waals surface area contributed by atoms with Crippen molar-refractivity contribution in [2.75, 3.05) is 0 Å². The molecule has 13 heavy (non-hydrogen) atoms. The van der Waals surface area contributed by atoms with Crippen LogP contribution in [0.25, 0.3) is 0 Å². The fraction of sp³-hybridized carbons (Fsp3) is 0.273. The van der Waals surface area contributed by atoms with Crippen molar-refractivity contribution in [2.24, 2.45) is 0 Å². The van der Waals surface area contributed by atoms with Gasteiger partial charge in [-0.15, -0.1) is 0 Å². The fourth-order valence-electron chi connectivity index (χ4n) is 1.11. The summed E-state index contributed by atoms with van der Waals surface area (Å²) in [6, 6.07) is 6.04. The van der Waals surface area contributed by atoms with Gasteiger partial charge in [-0.2, -0.15) is 0 Å². The zero-order valence-electron chi connectivity index (χ0n) is 7.57. The highest BCUT2D eigenvalue weighted by atomic mass is 19.1. The van der Waals surface area contributed by atoms with Crippen LogP contribution in [-0.2, 0) is 0 Å². The number of allylic oxidation sites excluding steroid dienone is 1. The van der Waals surface area contributed by atoms with Gasteiger partial charge in [-0.05, 0) is 31.0 Å². The molecule has 1 nitrogen and oxygen atoms in total. The molecule has 0 heterocycles. The normalized spacial score (nSPS) is 13.5. The van der Waals surface area contributed by atoms with E-state index in [2.05, 4.69) is 0 Å². The minimum atomic E-state index is -0.605. The molecule has 1 atom stereocenters. The Morgan fingerprint density at radius 3 is 2.92 bits per heavy atom. The largest absolute Gasteiger partial charge is 0.388 e. The van der Waals surface area contributed by atoms with Crippen molar-refractivity contribution >= 4 is 0 Å². The van der Waals surface area contributed by atoms with Crippen molar-refractivity contribution in [3.05, 3.63) is 47.8 Å². The maximum Gasteiger partial charge on any atom is 0.123 e. The van der Waals surface area contributed by atoms with E-state index in [1.54, 1.807) is 12.1 Å². The molecule has 1 aromatic rings. The zero-order chi connectivity index (χ0) is 9.68. The van der Waals surface area contributed by atoms with Crippen LogP contribution in [0.3, 0.4) is 0 Å². The fourth-order valence-corrected chi connectivity index (χ4v) is 1.11. The van der Waals surface area contributed by atoms with Gasteiger partial charge in [0, 0.05) is 0 Å². The SMILES string of the molecule is C/C=C/CC(O)c1cccc(F)c1. The van der Waals surface area contributed by atoms with Gasteiger partial charge in [0.05, 0.1) is 6.10 Å². The number of hydrogen-bond acceptors (Lipinski definition) is 1. The summed E-state index contributed by atoms with van der Waals surface area (Å²) in [6.45, 7) is 1.89. The molecule has 0 aliphatic heterocycles. The second-order valence-electron chi connectivity index (χ2n) is 2.88. The molecule has 1 rings (SSSR count). The summed E-state index contributed by atoms with van der Waals surface area (Å²) >= 11 is 0. The van der Waals surface area contributed by atoms with Crippen molar-refractivity contribution in [1.29, 1.82) is 0 Å². The van der Waals surface area contributed by atoms with Gasteiger partial charge in [-0.3, -0.25) is 0 Å². The number of halogens is 1. The predicted molar refractivity (Wildman–Crippen MR) is 50.8 cm³/mol. The Hall–Kier alpha value is -1.15. The molecular weight excluding hydrogens is 167 g/mol. The van der Waals surface area contributed by atoms with Gasteiger partial charge < -0.3 is 5.11 Å². The zero-order valence-corrected chi connectivity index (χ0v) is 7.57. The molecule has 70 valence electrons. The van der Waals surface area contributed by atoms with Crippen LogP contribution in [0.4, 0.5) is 4.39 Å². The lowest BCUT2D eigenvalue weighted by Crippen LogP contribution is -1.95. The lowest BCUT2D eigenvalue weighted by molar-refractivity contribution is 0.181. The van der Waals surface area contributed by atoms with Crippen LogP contribution in [0.2, 0.25) is 0 Å². The van der Waals surface area contributed by atoms with Crippen LogP contribution in [0, 0.1) is 5.82 Å². The molecule has 0 spiro atoms. The lowest BCUT2D eigenvalue weighted by atomic mass is 10.1. The van der Waals surface area contributed by atoms with Crippen LogP contribution in [-0.4, -0.2) is 5.11 Å². The van der Waals surface area contributed by atoms with Crippen molar-refractivity contribution in [3.63, 3.8) is 0 Å². The summed E-state index contributed by atoms with van der Waals surface area (Å²) in [6.07, 6.45) is 3.64. The first-order valence-corrected chi connectivity index (χ1v) is 4.28. The van der Waals surface area contributed by atoms with Crippen LogP contribution in [0.1, 0.15) is 25.0 Å². The summed E-state index contributed by atoms with van der Waals surface area (Å²) in [5.74, 6) is -0.308. The van der Waals surface area contributed by atoms with Crippen LogP contribution in [0.5, 0.6) is 0 Å². The number of rotatable bonds is 3. The van der Waals surface area contributed by atoms with E-state index in [1.807, 2.05) is 19.1 Å². The van der Waals surface area contributed by atoms with E-state index in [1.165, 1.54) is 12.1 Å². The van der Waals surface area contributed by atoms with Crippen LogP contribution >= 0.6 is 0 Å². The average molecular weight is 180 g/mol. The van der Waals surface area contributed by atoms with Crippen molar-refractivity contribution in [3.8, 4) is 0 Å². The monoisotopic (exact) mass is 180 g/mol. The van der Waals surface area contributed by atoms with Crippen molar-refractivity contribution < 1.29 is 9.50 Å². The maximum absolute atomic E-state index is 12.7. The predicted octanol–water partition coefficient (Wildman–Crippen LogP) is 2.83. The lowest BCUT2D eigenvalue weighted by Gasteiger charge is -2.07. The van der Waals surface area contributed by atoms with E-state index in [4.69, 9.17) is 0 Å². The molecule has 0 aliphatic rings. The third-order valence-electron chi connectivity index (χ3n) is 1.83. The Bertz CT molecular complexity index is 294. The van der Waals surface area contributed by atoms with E-state index < -0.39 is 6.10 Å². The second kappa shape index (κ2) is 4.77. The Kier molecular flexibility index (Phi) is 3.65. The Balaban J connectivity index is 2.70. The molecule has 1 unspecified atom stereocenters. The molecule has 0 bridgehead atoms. The first kappa shape index (κ1) is 9.93. The average Bonchev–Trinajstić information content (AvgIpc) is 2.14. The van der Waals surface area contributed by atoms with E-state index in [0.29, 0.717) is 12.0 Å². The van der Waals surface area contributed by atoms with E-state index in [9.17, 15) is 9.50 Å². The highest BCUT2D eigenvalue weighted by molar-refractivity contribution is 5.19. The summed E-state index contributed by atoms with van der Waals surface area (Å²) in [4.78, 5) is 0. The summed E-state index contributed by atoms with van der Waals surface area (Å²) in [5.41, 5.74) is 0.623. The molecule has 0 aliphatic carbocycles. The quantitative estimate of drug-likeness (QED) is 0.709. The third-order valence-corrected chi connectivity index (χ3v) is 1.83. The molecular formula is C11H13FO. The first-order valence-electron chi connectivity index (χ1n) is 4.28. The van der Waals surface area contributed by atoms with Crippen LogP contribution in [0.15, 0.2) is 36.4 Å².